The van der Waals surface area contributed by atoms with Crippen molar-refractivity contribution < 1.29 is 5.11 Å². The molecule has 1 unspecified atom stereocenters. The van der Waals surface area contributed by atoms with Crippen LogP contribution in [0.2, 0.25) is 0 Å². The molecule has 0 aromatic rings. The molecule has 0 radical (unpaired) electrons. The Bertz CT molecular complexity index is 341. The van der Waals surface area contributed by atoms with Crippen molar-refractivity contribution in [2.75, 3.05) is 0 Å². The normalized spacial score (nSPS) is 43.5. The average Bonchev–Trinajstić information content (AvgIpc) is 2.37. The number of fused-ring (bicyclic) bond motifs is 1. The molecule has 0 saturated heterocycles. The number of hydrogen-bond acceptors (Lipinski definition) is 1. The van der Waals surface area contributed by atoms with Crippen LogP contribution < -0.4 is 0 Å². The summed E-state index contributed by atoms with van der Waals surface area (Å²) >= 11 is 0. The monoisotopic (exact) mass is 220 g/mol. The van der Waals surface area contributed by atoms with E-state index in [1.807, 2.05) is 6.92 Å². The van der Waals surface area contributed by atoms with Gasteiger partial charge in [0.15, 0.2) is 0 Å². The minimum atomic E-state index is -0.604. The third-order valence-electron chi connectivity index (χ3n) is 4.98. The minimum absolute atomic E-state index is 0.283. The zero-order valence-electron chi connectivity index (χ0n) is 10.8. The van der Waals surface area contributed by atoms with Crippen molar-refractivity contribution in [2.45, 2.75) is 58.5 Å². The van der Waals surface area contributed by atoms with Crippen LogP contribution in [0.5, 0.6) is 0 Å². The summed E-state index contributed by atoms with van der Waals surface area (Å²) in [5, 5.41) is 10.8. The van der Waals surface area contributed by atoms with E-state index in [0.29, 0.717) is 5.92 Å². The van der Waals surface area contributed by atoms with E-state index < -0.39 is 5.60 Å². The standard InChI is InChI=1S/C15H24O/c1-11(2)15(16)10-9-14(4)8-7-12(3)5-6-13(14)15/h7,13,16H,1,5-6,8-10H2,2-4H3/t13?,14-,15-/m0/s1. The molecule has 1 N–H and O–H groups in total. The summed E-state index contributed by atoms with van der Waals surface area (Å²) in [5.74, 6) is 0.395. The third kappa shape index (κ3) is 1.66. The van der Waals surface area contributed by atoms with E-state index in [1.54, 1.807) is 0 Å². The summed E-state index contributed by atoms with van der Waals surface area (Å²) in [6.07, 6.45) is 7.78. The maximum Gasteiger partial charge on any atom is 0.0885 e. The van der Waals surface area contributed by atoms with Crippen LogP contribution in [0.3, 0.4) is 0 Å². The van der Waals surface area contributed by atoms with Crippen molar-refractivity contribution in [1.82, 2.24) is 0 Å². The topological polar surface area (TPSA) is 20.2 Å². The SMILES string of the molecule is C=C(C)[C@@]1(O)CC[C@]2(C)CC=C(C)CCC21. The van der Waals surface area contributed by atoms with E-state index in [0.717, 1.165) is 37.7 Å². The molecule has 0 heterocycles. The lowest BCUT2D eigenvalue weighted by Gasteiger charge is -2.38. The van der Waals surface area contributed by atoms with Crippen LogP contribution in [0.25, 0.3) is 0 Å². The van der Waals surface area contributed by atoms with Gasteiger partial charge in [0.05, 0.1) is 5.60 Å². The highest BCUT2D eigenvalue weighted by Crippen LogP contribution is 2.56. The Morgan fingerprint density at radius 2 is 2.19 bits per heavy atom. The molecule has 0 spiro atoms. The first-order chi connectivity index (χ1) is 7.38. The van der Waals surface area contributed by atoms with Gasteiger partial charge in [0.2, 0.25) is 0 Å². The highest BCUT2D eigenvalue weighted by molar-refractivity contribution is 5.22. The molecular formula is C15H24O. The fourth-order valence-electron chi connectivity index (χ4n) is 3.62. The lowest BCUT2D eigenvalue weighted by Crippen LogP contribution is -2.39. The molecule has 1 fully saturated rings. The van der Waals surface area contributed by atoms with Crippen LogP contribution in [-0.4, -0.2) is 10.7 Å². The Labute approximate surface area is 99.3 Å². The number of allylic oxidation sites excluding steroid dienone is 2. The Balaban J connectivity index is 2.32. The Morgan fingerprint density at radius 1 is 1.50 bits per heavy atom. The van der Waals surface area contributed by atoms with Gasteiger partial charge in [-0.05, 0) is 62.9 Å². The fraction of sp³-hybridized carbons (Fsp3) is 0.733. The average molecular weight is 220 g/mol. The molecule has 1 saturated carbocycles. The van der Waals surface area contributed by atoms with Crippen LogP contribution in [-0.2, 0) is 0 Å². The van der Waals surface area contributed by atoms with Gasteiger partial charge in [-0.3, -0.25) is 0 Å². The first kappa shape index (κ1) is 11.9. The maximum absolute atomic E-state index is 10.8. The summed E-state index contributed by atoms with van der Waals surface area (Å²) in [4.78, 5) is 0. The fourth-order valence-corrected chi connectivity index (χ4v) is 3.62. The molecule has 0 aromatic carbocycles. The molecule has 90 valence electrons. The van der Waals surface area contributed by atoms with Crippen LogP contribution in [0, 0.1) is 11.3 Å². The summed E-state index contributed by atoms with van der Waals surface area (Å²) in [7, 11) is 0. The van der Waals surface area contributed by atoms with Gasteiger partial charge in [0.1, 0.15) is 0 Å². The van der Waals surface area contributed by atoms with Gasteiger partial charge in [0.25, 0.3) is 0 Å². The van der Waals surface area contributed by atoms with Crippen molar-refractivity contribution in [1.29, 1.82) is 0 Å². The summed E-state index contributed by atoms with van der Waals surface area (Å²) in [5.41, 5.74) is 2.12. The first-order valence-corrected chi connectivity index (χ1v) is 6.42. The van der Waals surface area contributed by atoms with Crippen LogP contribution in [0.15, 0.2) is 23.8 Å². The van der Waals surface area contributed by atoms with Gasteiger partial charge in [0, 0.05) is 0 Å². The predicted octanol–water partition coefficient (Wildman–Crippen LogP) is 3.84. The van der Waals surface area contributed by atoms with E-state index in [9.17, 15) is 5.11 Å². The highest BCUT2D eigenvalue weighted by atomic mass is 16.3. The molecule has 0 aromatic heterocycles. The van der Waals surface area contributed by atoms with Gasteiger partial charge < -0.3 is 5.11 Å². The number of hydrogen-bond donors (Lipinski definition) is 1. The molecule has 3 atom stereocenters. The summed E-state index contributed by atoms with van der Waals surface area (Å²) in [6.45, 7) is 10.6. The Morgan fingerprint density at radius 3 is 2.81 bits per heavy atom. The first-order valence-electron chi connectivity index (χ1n) is 6.42. The molecule has 1 nitrogen and oxygen atoms in total. The largest absolute Gasteiger partial charge is 0.385 e. The molecular weight excluding hydrogens is 196 g/mol. The van der Waals surface area contributed by atoms with E-state index in [4.69, 9.17) is 0 Å². The van der Waals surface area contributed by atoms with Gasteiger partial charge in [-0.15, -0.1) is 0 Å². The molecule has 16 heavy (non-hydrogen) atoms. The lowest BCUT2D eigenvalue weighted by molar-refractivity contribution is 0.00573. The van der Waals surface area contributed by atoms with Crippen molar-refractivity contribution in [2.24, 2.45) is 11.3 Å². The van der Waals surface area contributed by atoms with Gasteiger partial charge in [-0.2, -0.15) is 0 Å². The zero-order chi connectivity index (χ0) is 12.0. The van der Waals surface area contributed by atoms with E-state index >= 15 is 0 Å². The maximum atomic E-state index is 10.8. The molecule has 0 amide bonds. The highest BCUT2D eigenvalue weighted by Gasteiger charge is 2.53. The van der Waals surface area contributed by atoms with Crippen molar-refractivity contribution in [3.63, 3.8) is 0 Å². The van der Waals surface area contributed by atoms with E-state index in [1.165, 1.54) is 5.57 Å². The van der Waals surface area contributed by atoms with Crippen molar-refractivity contribution >= 4 is 0 Å². The Hall–Kier alpha value is -0.560. The summed E-state index contributed by atoms with van der Waals surface area (Å²) in [6, 6.07) is 0. The van der Waals surface area contributed by atoms with E-state index in [-0.39, 0.29) is 5.41 Å². The molecule has 1 heteroatoms. The molecule has 2 aliphatic carbocycles. The second-order valence-corrected chi connectivity index (χ2v) is 6.20. The van der Waals surface area contributed by atoms with Crippen molar-refractivity contribution in [3.8, 4) is 0 Å². The van der Waals surface area contributed by atoms with Crippen LogP contribution >= 0.6 is 0 Å². The molecule has 2 rings (SSSR count). The lowest BCUT2D eigenvalue weighted by atomic mass is 9.70. The molecule has 0 bridgehead atoms. The second-order valence-electron chi connectivity index (χ2n) is 6.20. The van der Waals surface area contributed by atoms with Gasteiger partial charge >= 0.3 is 0 Å². The van der Waals surface area contributed by atoms with Crippen molar-refractivity contribution in [3.05, 3.63) is 23.8 Å². The van der Waals surface area contributed by atoms with Crippen LogP contribution in [0.1, 0.15) is 52.9 Å². The third-order valence-corrected chi connectivity index (χ3v) is 4.98. The Kier molecular flexibility index (Phi) is 2.78. The van der Waals surface area contributed by atoms with Gasteiger partial charge in [-0.25, -0.2) is 0 Å². The predicted molar refractivity (Wildman–Crippen MR) is 68.2 cm³/mol. The molecule has 0 aliphatic heterocycles. The van der Waals surface area contributed by atoms with Gasteiger partial charge in [-0.1, -0.05) is 25.2 Å². The van der Waals surface area contributed by atoms with Crippen LogP contribution in [0.4, 0.5) is 0 Å². The number of rotatable bonds is 1. The summed E-state index contributed by atoms with van der Waals surface area (Å²) < 4.78 is 0. The zero-order valence-corrected chi connectivity index (χ0v) is 10.8. The quantitative estimate of drug-likeness (QED) is 0.666. The molecule has 2 aliphatic rings. The smallest absolute Gasteiger partial charge is 0.0885 e. The number of aliphatic hydroxyl groups is 1. The van der Waals surface area contributed by atoms with E-state index in [2.05, 4.69) is 26.5 Å². The minimum Gasteiger partial charge on any atom is -0.385 e. The second kappa shape index (κ2) is 3.73.